The molecule has 0 aliphatic heterocycles. The van der Waals surface area contributed by atoms with Crippen molar-refractivity contribution in [2.45, 2.75) is 12.6 Å². The number of carbonyl (C=O) groups is 2. The molecule has 3 N–H and O–H groups in total. The van der Waals surface area contributed by atoms with E-state index in [2.05, 4.69) is 5.10 Å². The lowest BCUT2D eigenvalue weighted by molar-refractivity contribution is -0.385. The lowest BCUT2D eigenvalue weighted by Gasteiger charge is -2.11. The number of aliphatic carboxylic acids is 1. The molecule has 1 atom stereocenters. The van der Waals surface area contributed by atoms with E-state index in [4.69, 9.17) is 10.2 Å². The Balaban J connectivity index is 2.58. The van der Waals surface area contributed by atoms with E-state index in [1.807, 2.05) is 5.32 Å². The van der Waals surface area contributed by atoms with Crippen LogP contribution in [0.5, 0.6) is 0 Å². The highest BCUT2D eigenvalue weighted by Gasteiger charge is 2.19. The van der Waals surface area contributed by atoms with Gasteiger partial charge in [0, 0.05) is 0 Å². The zero-order valence-corrected chi connectivity index (χ0v) is 9.02. The predicted octanol–water partition coefficient (Wildman–Crippen LogP) is -1.65. The fraction of sp³-hybridized carbons (Fsp3) is 0.375. The van der Waals surface area contributed by atoms with Crippen LogP contribution in [0.1, 0.15) is 0 Å². The molecule has 1 heterocycles. The van der Waals surface area contributed by atoms with Gasteiger partial charge in [0.15, 0.2) is 0 Å². The number of rotatable bonds is 6. The van der Waals surface area contributed by atoms with E-state index in [0.717, 1.165) is 17.1 Å². The lowest BCUT2D eigenvalue weighted by Crippen LogP contribution is -2.44. The summed E-state index contributed by atoms with van der Waals surface area (Å²) in [5, 5.41) is 33.2. The first kappa shape index (κ1) is 13.6. The highest BCUT2D eigenvalue weighted by atomic mass is 16.6. The molecular weight excluding hydrogens is 248 g/mol. The van der Waals surface area contributed by atoms with Crippen LogP contribution in [0.2, 0.25) is 0 Å². The summed E-state index contributed by atoms with van der Waals surface area (Å²) in [4.78, 5) is 31.6. The maximum atomic E-state index is 11.3. The van der Waals surface area contributed by atoms with E-state index >= 15 is 0 Å². The molecular formula is C8H10N4O6. The molecule has 1 aromatic heterocycles. The number of carbonyl (C=O) groups excluding carboxylic acids is 1. The second-order valence-electron chi connectivity index (χ2n) is 3.29. The van der Waals surface area contributed by atoms with Gasteiger partial charge in [-0.2, -0.15) is 5.10 Å². The summed E-state index contributed by atoms with van der Waals surface area (Å²) in [6.07, 6.45) is 2.00. The Morgan fingerprint density at radius 3 is 2.72 bits per heavy atom. The third-order valence-electron chi connectivity index (χ3n) is 1.95. The monoisotopic (exact) mass is 258 g/mol. The number of aromatic nitrogens is 2. The van der Waals surface area contributed by atoms with E-state index < -0.39 is 29.4 Å². The van der Waals surface area contributed by atoms with E-state index in [9.17, 15) is 19.7 Å². The molecule has 1 aromatic rings. The van der Waals surface area contributed by atoms with Crippen LogP contribution in [-0.2, 0) is 16.1 Å². The highest BCUT2D eigenvalue weighted by molar-refractivity contribution is 5.83. The van der Waals surface area contributed by atoms with Gasteiger partial charge in [-0.3, -0.25) is 19.6 Å². The number of nitrogens with one attached hydrogen (secondary N) is 1. The zero-order chi connectivity index (χ0) is 13.7. The molecule has 1 amide bonds. The molecule has 0 bridgehead atoms. The Morgan fingerprint density at radius 2 is 2.28 bits per heavy atom. The first-order chi connectivity index (χ1) is 8.43. The molecule has 0 unspecified atom stereocenters. The van der Waals surface area contributed by atoms with Crippen LogP contribution in [-0.4, -0.2) is 49.4 Å². The topological polar surface area (TPSA) is 148 Å². The van der Waals surface area contributed by atoms with E-state index in [-0.39, 0.29) is 12.2 Å². The summed E-state index contributed by atoms with van der Waals surface area (Å²) in [6.45, 7) is -1.13. The number of carboxylic acids is 1. The third-order valence-corrected chi connectivity index (χ3v) is 1.95. The van der Waals surface area contributed by atoms with Gasteiger partial charge in [0.25, 0.3) is 0 Å². The van der Waals surface area contributed by atoms with Crippen LogP contribution >= 0.6 is 0 Å². The third kappa shape index (κ3) is 3.52. The van der Waals surface area contributed by atoms with Crippen LogP contribution < -0.4 is 5.32 Å². The summed E-state index contributed by atoms with van der Waals surface area (Å²) in [5.74, 6) is -2.10. The molecule has 10 nitrogen and oxygen atoms in total. The standard InChI is InChI=1S/C8H10N4O6/c13-4-6(8(15)16)10-7(14)3-11-2-5(1-9-11)12(17)18/h1-2,6,13H,3-4H2,(H,10,14)(H,15,16)/t6-/m1/s1. The van der Waals surface area contributed by atoms with Crippen LogP contribution in [0.4, 0.5) is 5.69 Å². The fourth-order valence-electron chi connectivity index (χ4n) is 1.11. The van der Waals surface area contributed by atoms with Crippen molar-refractivity contribution in [2.24, 2.45) is 0 Å². The number of hydrogen-bond donors (Lipinski definition) is 3. The number of carboxylic acid groups (broad SMARTS) is 1. The molecule has 0 radical (unpaired) electrons. The molecule has 0 aliphatic rings. The van der Waals surface area contributed by atoms with Gasteiger partial charge in [0.05, 0.1) is 11.5 Å². The Morgan fingerprint density at radius 1 is 1.61 bits per heavy atom. The van der Waals surface area contributed by atoms with Crippen molar-refractivity contribution in [3.8, 4) is 0 Å². The van der Waals surface area contributed by atoms with Crippen molar-refractivity contribution >= 4 is 17.6 Å². The summed E-state index contributed by atoms with van der Waals surface area (Å²) < 4.78 is 0.990. The molecule has 10 heteroatoms. The molecule has 18 heavy (non-hydrogen) atoms. The zero-order valence-electron chi connectivity index (χ0n) is 9.02. The van der Waals surface area contributed by atoms with Crippen LogP contribution in [0.3, 0.4) is 0 Å². The minimum absolute atomic E-state index is 0.278. The number of nitrogens with zero attached hydrogens (tertiary/aromatic N) is 3. The summed E-state index contributed by atoms with van der Waals surface area (Å²) >= 11 is 0. The van der Waals surface area contributed by atoms with Crippen LogP contribution in [0, 0.1) is 10.1 Å². The number of nitro groups is 1. The van der Waals surface area contributed by atoms with Gasteiger partial charge in [0.2, 0.25) is 5.91 Å². The second kappa shape index (κ2) is 5.72. The van der Waals surface area contributed by atoms with Gasteiger partial charge < -0.3 is 15.5 Å². The molecule has 0 aliphatic carbocycles. The Kier molecular flexibility index (Phi) is 4.32. The molecule has 0 fully saturated rings. The number of amides is 1. The quantitative estimate of drug-likeness (QED) is 0.409. The van der Waals surface area contributed by atoms with Crippen molar-refractivity contribution in [1.29, 1.82) is 0 Å². The predicted molar refractivity (Wildman–Crippen MR) is 55.5 cm³/mol. The average molecular weight is 258 g/mol. The van der Waals surface area contributed by atoms with Gasteiger partial charge in [-0.15, -0.1) is 0 Å². The number of aliphatic hydroxyl groups is 1. The number of aliphatic hydroxyl groups excluding tert-OH is 1. The van der Waals surface area contributed by atoms with Crippen molar-refractivity contribution < 1.29 is 24.7 Å². The normalized spacial score (nSPS) is 11.8. The average Bonchev–Trinajstić information content (AvgIpc) is 2.74. The summed E-state index contributed by atoms with van der Waals surface area (Å²) in [5.41, 5.74) is -0.278. The minimum atomic E-state index is -1.41. The van der Waals surface area contributed by atoms with Gasteiger partial charge in [-0.25, -0.2) is 4.79 Å². The minimum Gasteiger partial charge on any atom is -0.480 e. The van der Waals surface area contributed by atoms with Crippen molar-refractivity contribution in [3.05, 3.63) is 22.5 Å². The van der Waals surface area contributed by atoms with Gasteiger partial charge in [-0.1, -0.05) is 0 Å². The molecule has 98 valence electrons. The van der Waals surface area contributed by atoms with Crippen molar-refractivity contribution in [2.75, 3.05) is 6.61 Å². The molecule has 0 saturated heterocycles. The van der Waals surface area contributed by atoms with E-state index in [1.165, 1.54) is 0 Å². The van der Waals surface area contributed by atoms with Gasteiger partial charge in [-0.05, 0) is 0 Å². The largest absolute Gasteiger partial charge is 0.480 e. The van der Waals surface area contributed by atoms with Gasteiger partial charge >= 0.3 is 11.7 Å². The lowest BCUT2D eigenvalue weighted by atomic mass is 10.3. The SMILES string of the molecule is O=C(Cn1cc([N+](=O)[O-])cn1)N[C@H](CO)C(=O)O. The van der Waals surface area contributed by atoms with Gasteiger partial charge in [0.1, 0.15) is 25.0 Å². The summed E-state index contributed by atoms with van der Waals surface area (Å²) in [7, 11) is 0. The first-order valence-corrected chi connectivity index (χ1v) is 4.74. The van der Waals surface area contributed by atoms with E-state index in [1.54, 1.807) is 0 Å². The first-order valence-electron chi connectivity index (χ1n) is 4.74. The maximum absolute atomic E-state index is 11.3. The van der Waals surface area contributed by atoms with E-state index in [0.29, 0.717) is 0 Å². The van der Waals surface area contributed by atoms with Crippen LogP contribution in [0.15, 0.2) is 12.4 Å². The summed E-state index contributed by atoms with van der Waals surface area (Å²) in [6, 6.07) is -1.41. The molecule has 1 rings (SSSR count). The second-order valence-corrected chi connectivity index (χ2v) is 3.29. The molecule has 0 spiro atoms. The Bertz CT molecular complexity index is 470. The Labute approximate surface area is 100.0 Å². The van der Waals surface area contributed by atoms with Crippen molar-refractivity contribution in [1.82, 2.24) is 15.1 Å². The molecule has 0 aromatic carbocycles. The number of hydrogen-bond acceptors (Lipinski definition) is 6. The molecule has 0 saturated carbocycles. The smallest absolute Gasteiger partial charge is 0.328 e. The van der Waals surface area contributed by atoms with Crippen LogP contribution in [0.25, 0.3) is 0 Å². The highest BCUT2D eigenvalue weighted by Crippen LogP contribution is 2.07. The maximum Gasteiger partial charge on any atom is 0.328 e. The van der Waals surface area contributed by atoms with Crippen molar-refractivity contribution in [3.63, 3.8) is 0 Å². The fourth-order valence-corrected chi connectivity index (χ4v) is 1.11. The Hall–Kier alpha value is -2.49.